The number of aryl methyl sites for hydroxylation is 3. The van der Waals surface area contributed by atoms with Gasteiger partial charge >= 0.3 is 0 Å². The van der Waals surface area contributed by atoms with Gasteiger partial charge in [-0.2, -0.15) is 5.10 Å². The Morgan fingerprint density at radius 3 is 2.76 bits per heavy atom. The van der Waals surface area contributed by atoms with Crippen LogP contribution in [0.5, 0.6) is 5.75 Å². The van der Waals surface area contributed by atoms with Crippen LogP contribution in [0.25, 0.3) is 32.9 Å². The zero-order valence-corrected chi connectivity index (χ0v) is 19.2. The SMILES string of the molecule is CCn1nc(C2CC2)cc1Nc1nccc2[nH]c3cc(-c4c(C)noc4C)c(OC)cc3c12. The van der Waals surface area contributed by atoms with Gasteiger partial charge in [0.25, 0.3) is 0 Å². The molecule has 0 aliphatic heterocycles. The topological polar surface area (TPSA) is 93.8 Å². The first-order valence-corrected chi connectivity index (χ1v) is 11.3. The van der Waals surface area contributed by atoms with Crippen LogP contribution in [0, 0.1) is 13.8 Å². The van der Waals surface area contributed by atoms with E-state index >= 15 is 0 Å². The lowest BCUT2D eigenvalue weighted by atomic mass is 10.0. The van der Waals surface area contributed by atoms with Crippen molar-refractivity contribution in [3.63, 3.8) is 0 Å². The molecule has 168 valence electrons. The van der Waals surface area contributed by atoms with Crippen LogP contribution in [0.15, 0.2) is 35.0 Å². The quantitative estimate of drug-likeness (QED) is 0.343. The molecule has 4 aromatic heterocycles. The van der Waals surface area contributed by atoms with Crippen molar-refractivity contribution in [3.05, 3.63) is 47.6 Å². The Morgan fingerprint density at radius 1 is 1.21 bits per heavy atom. The number of anilines is 2. The molecule has 8 nitrogen and oxygen atoms in total. The number of hydrogen-bond donors (Lipinski definition) is 2. The van der Waals surface area contributed by atoms with Gasteiger partial charge in [0.1, 0.15) is 23.1 Å². The van der Waals surface area contributed by atoms with Crippen LogP contribution in [0.2, 0.25) is 0 Å². The number of methoxy groups -OCH3 is 1. The molecule has 8 heteroatoms. The lowest BCUT2D eigenvalue weighted by molar-refractivity contribution is 0.393. The molecular weight excluding hydrogens is 416 g/mol. The summed E-state index contributed by atoms with van der Waals surface area (Å²) in [5.41, 5.74) is 5.92. The van der Waals surface area contributed by atoms with Crippen molar-refractivity contribution in [1.29, 1.82) is 0 Å². The van der Waals surface area contributed by atoms with Gasteiger partial charge in [0, 0.05) is 41.2 Å². The summed E-state index contributed by atoms with van der Waals surface area (Å²) in [7, 11) is 1.69. The third-order valence-electron chi connectivity index (χ3n) is 6.47. The number of rotatable bonds is 6. The molecule has 0 saturated heterocycles. The van der Waals surface area contributed by atoms with E-state index in [0.29, 0.717) is 5.92 Å². The van der Waals surface area contributed by atoms with Gasteiger partial charge in [0.15, 0.2) is 0 Å². The molecule has 1 saturated carbocycles. The number of pyridine rings is 1. The third kappa shape index (κ3) is 3.16. The van der Waals surface area contributed by atoms with Crippen LogP contribution < -0.4 is 10.1 Å². The maximum absolute atomic E-state index is 5.80. The number of aromatic nitrogens is 5. The molecule has 0 unspecified atom stereocenters. The second kappa shape index (κ2) is 7.37. The molecule has 33 heavy (non-hydrogen) atoms. The van der Waals surface area contributed by atoms with E-state index in [1.807, 2.05) is 30.8 Å². The Kier molecular flexibility index (Phi) is 4.43. The smallest absolute Gasteiger partial charge is 0.141 e. The molecule has 2 N–H and O–H groups in total. The van der Waals surface area contributed by atoms with Gasteiger partial charge in [-0.3, -0.25) is 0 Å². The highest BCUT2D eigenvalue weighted by Crippen LogP contribution is 2.42. The average molecular weight is 443 g/mol. The molecule has 1 fully saturated rings. The summed E-state index contributed by atoms with van der Waals surface area (Å²) in [4.78, 5) is 8.24. The minimum atomic E-state index is 0.599. The van der Waals surface area contributed by atoms with Crippen LogP contribution >= 0.6 is 0 Å². The lowest BCUT2D eigenvalue weighted by Gasteiger charge is -2.10. The molecular formula is C25H26N6O2. The van der Waals surface area contributed by atoms with Gasteiger partial charge in [-0.1, -0.05) is 5.16 Å². The molecule has 4 heterocycles. The number of nitrogens with one attached hydrogen (secondary N) is 2. The molecule has 0 radical (unpaired) electrons. The van der Waals surface area contributed by atoms with Crippen LogP contribution in [0.3, 0.4) is 0 Å². The maximum atomic E-state index is 5.80. The van der Waals surface area contributed by atoms with Crippen molar-refractivity contribution in [2.45, 2.75) is 46.1 Å². The van der Waals surface area contributed by atoms with Crippen LogP contribution in [0.1, 0.15) is 42.8 Å². The number of ether oxygens (including phenoxy) is 1. The van der Waals surface area contributed by atoms with E-state index in [2.05, 4.69) is 45.6 Å². The van der Waals surface area contributed by atoms with E-state index in [-0.39, 0.29) is 0 Å². The number of H-pyrrole nitrogens is 1. The van der Waals surface area contributed by atoms with Crippen molar-refractivity contribution in [3.8, 4) is 16.9 Å². The number of hydrogen-bond acceptors (Lipinski definition) is 6. The van der Waals surface area contributed by atoms with Gasteiger partial charge in [-0.25, -0.2) is 9.67 Å². The highest BCUT2D eigenvalue weighted by molar-refractivity contribution is 6.14. The molecule has 0 spiro atoms. The summed E-state index contributed by atoms with van der Waals surface area (Å²) in [6.07, 6.45) is 4.27. The fourth-order valence-electron chi connectivity index (χ4n) is 4.68. The van der Waals surface area contributed by atoms with Gasteiger partial charge in [0.05, 0.1) is 35.0 Å². The summed E-state index contributed by atoms with van der Waals surface area (Å²) < 4.78 is 13.2. The van der Waals surface area contributed by atoms with Gasteiger partial charge in [-0.05, 0) is 51.8 Å². The number of benzene rings is 1. The number of aromatic amines is 1. The second-order valence-corrected chi connectivity index (χ2v) is 8.67. The molecule has 1 aliphatic carbocycles. The summed E-state index contributed by atoms with van der Waals surface area (Å²) in [5.74, 6) is 3.89. The summed E-state index contributed by atoms with van der Waals surface area (Å²) in [5, 5.41) is 14.5. The Labute approximate surface area is 190 Å². The van der Waals surface area contributed by atoms with Crippen LogP contribution in [-0.2, 0) is 6.54 Å². The van der Waals surface area contributed by atoms with Crippen molar-refractivity contribution in [2.24, 2.45) is 0 Å². The minimum Gasteiger partial charge on any atom is -0.496 e. The van der Waals surface area contributed by atoms with Gasteiger partial charge in [0.2, 0.25) is 0 Å². The zero-order chi connectivity index (χ0) is 22.7. The molecule has 1 aromatic carbocycles. The Morgan fingerprint density at radius 2 is 2.06 bits per heavy atom. The highest BCUT2D eigenvalue weighted by Gasteiger charge is 2.27. The van der Waals surface area contributed by atoms with E-state index in [1.54, 1.807) is 7.11 Å². The fourth-order valence-corrected chi connectivity index (χ4v) is 4.68. The van der Waals surface area contributed by atoms with Gasteiger partial charge < -0.3 is 19.6 Å². The van der Waals surface area contributed by atoms with E-state index in [9.17, 15) is 0 Å². The van der Waals surface area contributed by atoms with Crippen molar-refractivity contribution < 1.29 is 9.26 Å². The average Bonchev–Trinajstić information content (AvgIpc) is 3.36. The van der Waals surface area contributed by atoms with E-state index in [0.717, 1.165) is 74.0 Å². The van der Waals surface area contributed by atoms with Crippen LogP contribution in [-0.4, -0.2) is 32.0 Å². The predicted molar refractivity (Wildman–Crippen MR) is 128 cm³/mol. The van der Waals surface area contributed by atoms with Crippen LogP contribution in [0.4, 0.5) is 11.6 Å². The first-order chi connectivity index (χ1) is 16.1. The van der Waals surface area contributed by atoms with E-state index in [1.165, 1.54) is 12.8 Å². The lowest BCUT2D eigenvalue weighted by Crippen LogP contribution is -2.04. The molecule has 0 bridgehead atoms. The third-order valence-corrected chi connectivity index (χ3v) is 6.47. The minimum absolute atomic E-state index is 0.599. The summed E-state index contributed by atoms with van der Waals surface area (Å²) in [6, 6.07) is 8.32. The largest absolute Gasteiger partial charge is 0.496 e. The highest BCUT2D eigenvalue weighted by atomic mass is 16.5. The first kappa shape index (κ1) is 19.8. The van der Waals surface area contributed by atoms with Crippen molar-refractivity contribution in [1.82, 2.24) is 24.9 Å². The van der Waals surface area contributed by atoms with Crippen molar-refractivity contribution >= 4 is 33.4 Å². The second-order valence-electron chi connectivity index (χ2n) is 8.67. The molecule has 0 amide bonds. The first-order valence-electron chi connectivity index (χ1n) is 11.3. The van der Waals surface area contributed by atoms with E-state index < -0.39 is 0 Å². The fraction of sp³-hybridized carbons (Fsp3) is 0.320. The monoisotopic (exact) mass is 442 g/mol. The predicted octanol–water partition coefficient (Wildman–Crippen LogP) is 5.83. The maximum Gasteiger partial charge on any atom is 0.141 e. The number of nitrogens with zero attached hydrogens (tertiary/aromatic N) is 4. The van der Waals surface area contributed by atoms with Crippen molar-refractivity contribution in [2.75, 3.05) is 12.4 Å². The Hall–Kier alpha value is -3.81. The van der Waals surface area contributed by atoms with E-state index in [4.69, 9.17) is 14.4 Å². The summed E-state index contributed by atoms with van der Waals surface area (Å²) >= 11 is 0. The Balaban J connectivity index is 1.51. The zero-order valence-electron chi connectivity index (χ0n) is 19.2. The normalized spacial score (nSPS) is 13.8. The summed E-state index contributed by atoms with van der Waals surface area (Å²) in [6.45, 7) is 6.77. The standard InChI is InChI=1S/C25H26N6O2/c1-5-31-22(12-19(29-31)15-6-7-15)28-25-24-16-11-21(32-4)17(23-13(2)30-33-14(23)3)10-20(16)27-18(24)8-9-26-25/h8-12,15,27H,5-7H2,1-4H3,(H,26,28). The Bertz CT molecular complexity index is 1490. The molecule has 6 rings (SSSR count). The number of fused-ring (bicyclic) bond motifs is 3. The molecule has 1 aliphatic rings. The molecule has 5 aromatic rings. The van der Waals surface area contributed by atoms with Gasteiger partial charge in [-0.15, -0.1) is 0 Å². The molecule has 0 atom stereocenters.